The summed E-state index contributed by atoms with van der Waals surface area (Å²) < 4.78 is 32.1. The number of hydrogen-bond donors (Lipinski definition) is 1. The molecule has 0 spiro atoms. The molecular formula is C25H28N2O4S. The summed E-state index contributed by atoms with van der Waals surface area (Å²) in [6.45, 7) is 4.78. The lowest BCUT2D eigenvalue weighted by Crippen LogP contribution is -2.33. The number of anilines is 1. The number of rotatable bonds is 9. The number of sulfonamides is 1. The van der Waals surface area contributed by atoms with Gasteiger partial charge >= 0.3 is 0 Å². The van der Waals surface area contributed by atoms with Crippen LogP contribution in [-0.4, -0.2) is 33.7 Å². The lowest BCUT2D eigenvalue weighted by Gasteiger charge is -2.24. The first-order chi connectivity index (χ1) is 15.3. The van der Waals surface area contributed by atoms with Crippen molar-refractivity contribution in [3.05, 3.63) is 95.1 Å². The number of para-hydroxylation sites is 1. The molecule has 0 unspecified atom stereocenters. The third-order valence-corrected chi connectivity index (χ3v) is 6.25. The van der Waals surface area contributed by atoms with E-state index in [1.54, 1.807) is 24.3 Å². The minimum Gasteiger partial charge on any atom is -0.492 e. The average molecular weight is 453 g/mol. The molecular weight excluding hydrogens is 424 g/mol. The lowest BCUT2D eigenvalue weighted by molar-refractivity contribution is 0.0947. The van der Waals surface area contributed by atoms with Gasteiger partial charge in [-0.2, -0.15) is 0 Å². The number of carbonyl (C=O) groups excluding carboxylic acids is 1. The third-order valence-electron chi connectivity index (χ3n) is 5.12. The van der Waals surface area contributed by atoms with Gasteiger partial charge in [-0.15, -0.1) is 0 Å². The normalized spacial score (nSPS) is 11.1. The molecule has 32 heavy (non-hydrogen) atoms. The molecule has 7 heteroatoms. The zero-order valence-electron chi connectivity index (χ0n) is 18.5. The number of aryl methyl sites for hydroxylation is 2. The first-order valence-corrected chi connectivity index (χ1v) is 12.2. The van der Waals surface area contributed by atoms with Crippen molar-refractivity contribution in [1.82, 2.24) is 5.32 Å². The van der Waals surface area contributed by atoms with Crippen LogP contribution < -0.4 is 14.4 Å². The molecule has 3 aromatic rings. The molecule has 1 N–H and O–H groups in total. The Balaban J connectivity index is 1.71. The van der Waals surface area contributed by atoms with Crippen molar-refractivity contribution in [3.8, 4) is 5.75 Å². The van der Waals surface area contributed by atoms with E-state index in [0.717, 1.165) is 23.1 Å². The summed E-state index contributed by atoms with van der Waals surface area (Å²) in [5.41, 5.74) is 3.79. The van der Waals surface area contributed by atoms with E-state index < -0.39 is 10.0 Å². The van der Waals surface area contributed by atoms with Crippen molar-refractivity contribution < 1.29 is 17.9 Å². The van der Waals surface area contributed by atoms with Crippen molar-refractivity contribution in [3.63, 3.8) is 0 Å². The molecule has 3 aromatic carbocycles. The molecule has 168 valence electrons. The lowest BCUT2D eigenvalue weighted by atomic mass is 10.1. The predicted octanol–water partition coefficient (Wildman–Crippen LogP) is 4.08. The highest BCUT2D eigenvalue weighted by Crippen LogP contribution is 2.25. The van der Waals surface area contributed by atoms with Gasteiger partial charge in [0.25, 0.3) is 5.91 Å². The Labute approximate surface area is 189 Å². The van der Waals surface area contributed by atoms with Gasteiger partial charge < -0.3 is 10.1 Å². The van der Waals surface area contributed by atoms with Crippen molar-refractivity contribution in [2.75, 3.05) is 23.7 Å². The third kappa shape index (κ3) is 6.11. The summed E-state index contributed by atoms with van der Waals surface area (Å²) in [5.74, 6) is 0.389. The van der Waals surface area contributed by atoms with Crippen molar-refractivity contribution >= 4 is 21.6 Å². The number of benzene rings is 3. The molecule has 0 fully saturated rings. The summed E-state index contributed by atoms with van der Waals surface area (Å²) >= 11 is 0. The molecule has 0 radical (unpaired) electrons. The molecule has 0 aromatic heterocycles. The number of nitrogens with one attached hydrogen (secondary N) is 1. The Hall–Kier alpha value is -3.32. The fourth-order valence-corrected chi connectivity index (χ4v) is 4.15. The maximum absolute atomic E-state index is 12.9. The topological polar surface area (TPSA) is 75.7 Å². The van der Waals surface area contributed by atoms with E-state index >= 15 is 0 Å². The molecule has 0 saturated heterocycles. The molecule has 0 aliphatic heterocycles. The molecule has 0 aliphatic rings. The smallest absolute Gasteiger partial charge is 0.253 e. The van der Waals surface area contributed by atoms with Crippen molar-refractivity contribution in [2.24, 2.45) is 0 Å². The summed E-state index contributed by atoms with van der Waals surface area (Å²) in [7, 11) is -3.61. The highest BCUT2D eigenvalue weighted by atomic mass is 32.2. The van der Waals surface area contributed by atoms with Gasteiger partial charge in [0, 0.05) is 0 Å². The number of hydrogen-bond acceptors (Lipinski definition) is 4. The Kier molecular flexibility index (Phi) is 7.53. The summed E-state index contributed by atoms with van der Waals surface area (Å²) in [5, 5.41) is 2.82. The van der Waals surface area contributed by atoms with Crippen molar-refractivity contribution in [2.45, 2.75) is 20.4 Å². The molecule has 6 nitrogen and oxygen atoms in total. The van der Waals surface area contributed by atoms with Gasteiger partial charge in [-0.1, -0.05) is 48.5 Å². The van der Waals surface area contributed by atoms with E-state index in [9.17, 15) is 13.2 Å². The van der Waals surface area contributed by atoms with E-state index in [-0.39, 0.29) is 19.0 Å². The first-order valence-electron chi connectivity index (χ1n) is 10.3. The second-order valence-electron chi connectivity index (χ2n) is 7.62. The van der Waals surface area contributed by atoms with Gasteiger partial charge in [0.1, 0.15) is 12.4 Å². The second kappa shape index (κ2) is 10.3. The fourth-order valence-electron chi connectivity index (χ4n) is 3.25. The van der Waals surface area contributed by atoms with Crippen LogP contribution in [0.2, 0.25) is 0 Å². The Morgan fingerprint density at radius 2 is 1.62 bits per heavy atom. The van der Waals surface area contributed by atoms with E-state index in [1.807, 2.05) is 62.4 Å². The van der Waals surface area contributed by atoms with Crippen LogP contribution >= 0.6 is 0 Å². The maximum atomic E-state index is 12.9. The van der Waals surface area contributed by atoms with Gasteiger partial charge in [-0.3, -0.25) is 9.10 Å². The Morgan fingerprint density at radius 3 is 2.31 bits per heavy atom. The summed E-state index contributed by atoms with van der Waals surface area (Å²) in [4.78, 5) is 12.9. The minimum atomic E-state index is -3.61. The van der Waals surface area contributed by atoms with Gasteiger partial charge in [-0.25, -0.2) is 8.42 Å². The Morgan fingerprint density at radius 1 is 0.938 bits per heavy atom. The van der Waals surface area contributed by atoms with E-state index in [1.165, 1.54) is 9.87 Å². The zero-order valence-corrected chi connectivity index (χ0v) is 19.4. The fraction of sp³-hybridized carbons (Fsp3) is 0.240. The van der Waals surface area contributed by atoms with Crippen molar-refractivity contribution in [1.29, 1.82) is 0 Å². The molecule has 1 amide bonds. The number of ether oxygens (including phenoxy) is 1. The van der Waals surface area contributed by atoms with Crippen LogP contribution in [0.3, 0.4) is 0 Å². The summed E-state index contributed by atoms with van der Waals surface area (Å²) in [6, 6.07) is 21.8. The number of amides is 1. The van der Waals surface area contributed by atoms with E-state index in [4.69, 9.17) is 4.74 Å². The van der Waals surface area contributed by atoms with Gasteiger partial charge in [0.2, 0.25) is 10.0 Å². The van der Waals surface area contributed by atoms with Crippen LogP contribution in [0.1, 0.15) is 27.0 Å². The highest BCUT2D eigenvalue weighted by Gasteiger charge is 2.23. The van der Waals surface area contributed by atoms with Gasteiger partial charge in [0.05, 0.1) is 30.6 Å². The minimum absolute atomic E-state index is 0.139. The standard InChI is InChI=1S/C25H28N2O4S/c1-19-13-14-22(17-20(19)2)31-16-15-26-25(28)23-11-7-8-12-24(23)27(32(3,29)30)18-21-9-5-4-6-10-21/h4-14,17H,15-16,18H2,1-3H3,(H,26,28). The van der Waals surface area contributed by atoms with Crippen LogP contribution in [0.25, 0.3) is 0 Å². The van der Waals surface area contributed by atoms with Gasteiger partial charge in [-0.05, 0) is 54.8 Å². The molecule has 0 saturated carbocycles. The second-order valence-corrected chi connectivity index (χ2v) is 9.53. The van der Waals surface area contributed by atoms with Crippen LogP contribution in [0.5, 0.6) is 5.75 Å². The quantitative estimate of drug-likeness (QED) is 0.497. The largest absolute Gasteiger partial charge is 0.492 e. The highest BCUT2D eigenvalue weighted by molar-refractivity contribution is 7.92. The molecule has 0 aliphatic carbocycles. The molecule has 0 heterocycles. The monoisotopic (exact) mass is 452 g/mol. The average Bonchev–Trinajstić information content (AvgIpc) is 2.77. The predicted molar refractivity (Wildman–Crippen MR) is 128 cm³/mol. The maximum Gasteiger partial charge on any atom is 0.253 e. The zero-order chi connectivity index (χ0) is 23.1. The Bertz CT molecular complexity index is 1180. The van der Waals surface area contributed by atoms with Gasteiger partial charge in [0.15, 0.2) is 0 Å². The SMILES string of the molecule is Cc1ccc(OCCNC(=O)c2ccccc2N(Cc2ccccc2)S(C)(=O)=O)cc1C. The van der Waals surface area contributed by atoms with E-state index in [0.29, 0.717) is 17.9 Å². The summed E-state index contributed by atoms with van der Waals surface area (Å²) in [6.07, 6.45) is 1.14. The first kappa shape index (κ1) is 23.3. The van der Waals surface area contributed by atoms with Crippen LogP contribution in [0, 0.1) is 13.8 Å². The van der Waals surface area contributed by atoms with Crippen LogP contribution in [0.4, 0.5) is 5.69 Å². The van der Waals surface area contributed by atoms with Crippen LogP contribution in [0.15, 0.2) is 72.8 Å². The molecule has 3 rings (SSSR count). The van der Waals surface area contributed by atoms with E-state index in [2.05, 4.69) is 5.32 Å². The molecule has 0 atom stereocenters. The molecule has 0 bridgehead atoms. The number of carbonyl (C=O) groups is 1. The number of nitrogens with zero attached hydrogens (tertiary/aromatic N) is 1. The van der Waals surface area contributed by atoms with Crippen LogP contribution in [-0.2, 0) is 16.6 Å².